The van der Waals surface area contributed by atoms with Crippen LogP contribution in [0.4, 0.5) is 17.2 Å². The van der Waals surface area contributed by atoms with E-state index in [1.54, 1.807) is 13.2 Å². The summed E-state index contributed by atoms with van der Waals surface area (Å²) in [5, 5.41) is 6.41. The minimum atomic E-state index is -0.155. The van der Waals surface area contributed by atoms with Crippen molar-refractivity contribution in [2.45, 2.75) is 39.3 Å². The lowest BCUT2D eigenvalue weighted by atomic mass is 10.1. The van der Waals surface area contributed by atoms with Gasteiger partial charge in [0.1, 0.15) is 5.82 Å². The topological polar surface area (TPSA) is 85.7 Å². The zero-order valence-electron chi connectivity index (χ0n) is 26.2. The van der Waals surface area contributed by atoms with E-state index in [1.165, 1.54) is 16.5 Å². The molecule has 0 spiro atoms. The van der Waals surface area contributed by atoms with Crippen molar-refractivity contribution in [2.24, 2.45) is 7.05 Å². The SMILES string of the molecule is CCN1C(C)CN(CCc2ccc(C(=O)Nc3cc(N(C)c4ccc5c(ccn5C)c4)ccn3)cc2)CC1C.CNC=O. The van der Waals surface area contributed by atoms with Gasteiger partial charge in [0.15, 0.2) is 0 Å². The number of aryl methyl sites for hydroxylation is 1. The minimum Gasteiger partial charge on any atom is -0.362 e. The van der Waals surface area contributed by atoms with Crippen LogP contribution in [0.25, 0.3) is 10.9 Å². The average molecular weight is 584 g/mol. The lowest BCUT2D eigenvalue weighted by Gasteiger charge is -2.44. The van der Waals surface area contributed by atoms with Gasteiger partial charge in [0.25, 0.3) is 5.91 Å². The Hall–Kier alpha value is -4.21. The summed E-state index contributed by atoms with van der Waals surface area (Å²) in [5.41, 5.74) is 5.10. The van der Waals surface area contributed by atoms with Gasteiger partial charge < -0.3 is 20.1 Å². The van der Waals surface area contributed by atoms with Gasteiger partial charge in [-0.05, 0) is 74.8 Å². The van der Waals surface area contributed by atoms with Crippen LogP contribution in [-0.4, -0.2) is 84.0 Å². The second kappa shape index (κ2) is 14.8. The number of likely N-dealkylation sites (N-methyl/N-ethyl adjacent to an activating group) is 1. The van der Waals surface area contributed by atoms with Crippen molar-refractivity contribution in [3.63, 3.8) is 0 Å². The molecule has 9 nitrogen and oxygen atoms in total. The van der Waals surface area contributed by atoms with E-state index in [4.69, 9.17) is 4.79 Å². The lowest BCUT2D eigenvalue weighted by molar-refractivity contribution is -0.109. The van der Waals surface area contributed by atoms with Crippen LogP contribution >= 0.6 is 0 Å². The zero-order valence-corrected chi connectivity index (χ0v) is 26.2. The van der Waals surface area contributed by atoms with Crippen molar-refractivity contribution in [2.75, 3.05) is 50.5 Å². The first-order valence-electron chi connectivity index (χ1n) is 15.0. The first-order valence-corrected chi connectivity index (χ1v) is 15.0. The largest absolute Gasteiger partial charge is 0.362 e. The summed E-state index contributed by atoms with van der Waals surface area (Å²) in [6, 6.07) is 21.5. The van der Waals surface area contributed by atoms with Gasteiger partial charge in [0.05, 0.1) is 0 Å². The molecule has 2 aromatic heterocycles. The Kier molecular flexibility index (Phi) is 10.9. The van der Waals surface area contributed by atoms with Gasteiger partial charge in [-0.3, -0.25) is 19.4 Å². The third-order valence-corrected chi connectivity index (χ3v) is 8.22. The highest BCUT2D eigenvalue weighted by atomic mass is 16.1. The third kappa shape index (κ3) is 8.00. The van der Waals surface area contributed by atoms with Crippen LogP contribution in [0.1, 0.15) is 36.7 Å². The molecular weight excluding hydrogens is 538 g/mol. The average Bonchev–Trinajstić information content (AvgIpc) is 3.39. The molecule has 5 rings (SSSR count). The molecule has 0 radical (unpaired) electrons. The third-order valence-electron chi connectivity index (χ3n) is 8.22. The van der Waals surface area contributed by atoms with Crippen molar-refractivity contribution in [3.8, 4) is 0 Å². The molecule has 228 valence electrons. The number of nitrogens with zero attached hydrogens (tertiary/aromatic N) is 5. The molecule has 1 aliphatic heterocycles. The number of hydrogen-bond acceptors (Lipinski definition) is 6. The molecule has 2 N–H and O–H groups in total. The molecule has 0 saturated carbocycles. The second-order valence-corrected chi connectivity index (χ2v) is 11.2. The van der Waals surface area contributed by atoms with Gasteiger partial charge in [0, 0.05) is 99.2 Å². The number of nitrogens with one attached hydrogen (secondary N) is 2. The number of anilines is 3. The number of carbonyl (C=O) groups excluding carboxylic acids is 2. The molecule has 3 heterocycles. The van der Waals surface area contributed by atoms with Gasteiger partial charge >= 0.3 is 0 Å². The van der Waals surface area contributed by atoms with Crippen LogP contribution in [0.5, 0.6) is 0 Å². The maximum atomic E-state index is 13.0. The highest BCUT2D eigenvalue weighted by Gasteiger charge is 2.27. The number of carbonyl (C=O) groups is 2. The summed E-state index contributed by atoms with van der Waals surface area (Å²) in [7, 11) is 5.63. The van der Waals surface area contributed by atoms with E-state index in [-0.39, 0.29) is 5.91 Å². The molecule has 2 unspecified atom stereocenters. The summed E-state index contributed by atoms with van der Waals surface area (Å²) in [6.45, 7) is 11.3. The van der Waals surface area contributed by atoms with Gasteiger partial charge in [-0.25, -0.2) is 4.98 Å². The van der Waals surface area contributed by atoms with Gasteiger partial charge in [-0.2, -0.15) is 0 Å². The Balaban J connectivity index is 0.000000996. The number of rotatable bonds is 9. The molecule has 1 saturated heterocycles. The van der Waals surface area contributed by atoms with Crippen LogP contribution in [0.15, 0.2) is 73.1 Å². The molecule has 1 aliphatic rings. The summed E-state index contributed by atoms with van der Waals surface area (Å²) >= 11 is 0. The number of aromatic nitrogens is 2. The predicted molar refractivity (Wildman–Crippen MR) is 176 cm³/mol. The molecular formula is C34H45N7O2. The Morgan fingerprint density at radius 3 is 2.35 bits per heavy atom. The smallest absolute Gasteiger partial charge is 0.256 e. The fraction of sp³-hybridized carbons (Fsp3) is 0.382. The van der Waals surface area contributed by atoms with Crippen molar-refractivity contribution in [1.82, 2.24) is 24.7 Å². The van der Waals surface area contributed by atoms with Gasteiger partial charge in [-0.1, -0.05) is 19.1 Å². The monoisotopic (exact) mass is 583 g/mol. The second-order valence-electron chi connectivity index (χ2n) is 11.2. The number of amides is 2. The van der Waals surface area contributed by atoms with Crippen LogP contribution in [0.2, 0.25) is 0 Å². The van der Waals surface area contributed by atoms with E-state index < -0.39 is 0 Å². The van der Waals surface area contributed by atoms with Crippen LogP contribution < -0.4 is 15.5 Å². The Labute approximate surface area is 255 Å². The van der Waals surface area contributed by atoms with E-state index in [1.807, 2.05) is 38.4 Å². The van der Waals surface area contributed by atoms with Crippen LogP contribution in [0.3, 0.4) is 0 Å². The van der Waals surface area contributed by atoms with E-state index in [2.05, 4.69) is 98.3 Å². The van der Waals surface area contributed by atoms with Gasteiger partial charge in [0.2, 0.25) is 6.41 Å². The standard InChI is InChI=1S/C32H40N6O.C2H5NO/c1-6-38-23(2)21-37(22-24(38)3)18-14-25-7-9-26(10-8-25)32(39)34-31-20-29(13-16-33-31)36(5)28-11-12-30-27(19-28)15-17-35(30)4;1-3-2-4/h7-13,15-17,19-20,23-24H,6,14,18,21-22H2,1-5H3,(H,33,34,39);2H,1H3,(H,3,4). The highest BCUT2D eigenvalue weighted by Crippen LogP contribution is 2.28. The summed E-state index contributed by atoms with van der Waals surface area (Å²) in [5.74, 6) is 0.376. The number of fused-ring (bicyclic) bond motifs is 1. The van der Waals surface area contributed by atoms with E-state index in [0.717, 1.165) is 44.0 Å². The van der Waals surface area contributed by atoms with E-state index in [0.29, 0.717) is 29.9 Å². The van der Waals surface area contributed by atoms with Crippen molar-refractivity contribution >= 4 is 40.4 Å². The molecule has 1 fully saturated rings. The maximum Gasteiger partial charge on any atom is 0.256 e. The molecule has 0 bridgehead atoms. The molecule has 2 amide bonds. The summed E-state index contributed by atoms with van der Waals surface area (Å²) < 4.78 is 2.11. The fourth-order valence-electron chi connectivity index (χ4n) is 5.89. The van der Waals surface area contributed by atoms with Crippen LogP contribution in [0, 0.1) is 0 Å². The first kappa shape index (κ1) is 31.7. The number of piperazine rings is 1. The Morgan fingerprint density at radius 2 is 1.70 bits per heavy atom. The summed E-state index contributed by atoms with van der Waals surface area (Å²) in [6.07, 6.45) is 5.41. The minimum absolute atomic E-state index is 0.155. The van der Waals surface area contributed by atoms with Crippen molar-refractivity contribution in [3.05, 3.63) is 84.2 Å². The number of benzene rings is 2. The zero-order chi connectivity index (χ0) is 30.9. The first-order chi connectivity index (χ1) is 20.7. The lowest BCUT2D eigenvalue weighted by Crippen LogP contribution is -2.56. The van der Waals surface area contributed by atoms with Crippen LogP contribution in [-0.2, 0) is 18.3 Å². The summed E-state index contributed by atoms with van der Waals surface area (Å²) in [4.78, 5) is 33.7. The molecule has 4 aromatic rings. The van der Waals surface area contributed by atoms with Crippen molar-refractivity contribution in [1.29, 1.82) is 0 Å². The fourth-order valence-corrected chi connectivity index (χ4v) is 5.89. The molecule has 43 heavy (non-hydrogen) atoms. The molecule has 2 atom stereocenters. The normalized spacial score (nSPS) is 17.2. The van der Waals surface area contributed by atoms with Gasteiger partial charge in [-0.15, -0.1) is 0 Å². The molecule has 0 aliphatic carbocycles. The number of pyridine rings is 1. The highest BCUT2D eigenvalue weighted by molar-refractivity contribution is 6.04. The molecule has 9 heteroatoms. The quantitative estimate of drug-likeness (QED) is 0.272. The van der Waals surface area contributed by atoms with E-state index >= 15 is 0 Å². The van der Waals surface area contributed by atoms with E-state index in [9.17, 15) is 4.79 Å². The molecule has 2 aromatic carbocycles. The maximum absolute atomic E-state index is 13.0. The predicted octanol–water partition coefficient (Wildman–Crippen LogP) is 4.91. The number of hydrogen-bond donors (Lipinski definition) is 2. The Bertz CT molecular complexity index is 1490. The van der Waals surface area contributed by atoms with Crippen molar-refractivity contribution < 1.29 is 9.59 Å². The Morgan fingerprint density at radius 1 is 1.02 bits per heavy atom.